The second kappa shape index (κ2) is 4.09. The Labute approximate surface area is 91.7 Å². The third-order valence-corrected chi connectivity index (χ3v) is 2.76. The third kappa shape index (κ3) is 2.21. The molecular formula is C10H11IN2. The molecule has 0 aromatic rings. The van der Waals surface area contributed by atoms with Gasteiger partial charge in [0.05, 0.1) is 0 Å². The van der Waals surface area contributed by atoms with Crippen molar-refractivity contribution in [3.8, 4) is 0 Å². The fourth-order valence-electron chi connectivity index (χ4n) is 1.41. The van der Waals surface area contributed by atoms with Gasteiger partial charge in [-0.3, -0.25) is 0 Å². The number of hydrogen-bond acceptors (Lipinski definition) is 2. The molecule has 0 amide bonds. The Bertz CT molecular complexity index is 324. The summed E-state index contributed by atoms with van der Waals surface area (Å²) in [5, 5.41) is 3.29. The normalized spacial score (nSPS) is 21.5. The van der Waals surface area contributed by atoms with E-state index in [2.05, 4.69) is 57.2 Å². The van der Waals surface area contributed by atoms with Gasteiger partial charge in [0.15, 0.2) is 0 Å². The highest BCUT2D eigenvalue weighted by molar-refractivity contribution is 14.1. The van der Waals surface area contributed by atoms with Crippen LogP contribution in [0.15, 0.2) is 38.6 Å². The molecule has 0 fully saturated rings. The summed E-state index contributed by atoms with van der Waals surface area (Å²) in [7, 11) is 0. The minimum Gasteiger partial charge on any atom is -0.366 e. The number of allylic oxidation sites excluding steroid dienone is 3. The molecular weight excluding hydrogens is 275 g/mol. The van der Waals surface area contributed by atoms with Crippen molar-refractivity contribution in [1.82, 2.24) is 5.32 Å². The van der Waals surface area contributed by atoms with Gasteiger partial charge in [-0.25, -0.2) is 4.99 Å². The summed E-state index contributed by atoms with van der Waals surface area (Å²) in [4.78, 5) is 4.46. The maximum atomic E-state index is 4.46. The Hall–Kier alpha value is -0.580. The van der Waals surface area contributed by atoms with Crippen LogP contribution in [-0.2, 0) is 0 Å². The Morgan fingerprint density at radius 1 is 1.46 bits per heavy atom. The minimum absolute atomic E-state index is 0.901. The van der Waals surface area contributed by atoms with Crippen molar-refractivity contribution in [2.24, 2.45) is 4.99 Å². The van der Waals surface area contributed by atoms with Crippen LogP contribution in [-0.4, -0.2) is 12.4 Å². The van der Waals surface area contributed by atoms with Gasteiger partial charge in [0.25, 0.3) is 0 Å². The van der Waals surface area contributed by atoms with Gasteiger partial charge >= 0.3 is 0 Å². The van der Waals surface area contributed by atoms with E-state index in [0.717, 1.165) is 28.9 Å². The fraction of sp³-hybridized carbons (Fsp3) is 0.300. The largest absolute Gasteiger partial charge is 0.366 e. The number of nitrogens with one attached hydrogen (secondary N) is 1. The molecule has 1 heterocycles. The molecule has 0 bridgehead atoms. The molecule has 2 aliphatic rings. The van der Waals surface area contributed by atoms with Crippen molar-refractivity contribution in [3.05, 3.63) is 33.6 Å². The van der Waals surface area contributed by atoms with Crippen molar-refractivity contribution >= 4 is 28.4 Å². The summed E-state index contributed by atoms with van der Waals surface area (Å²) in [6, 6.07) is 0. The van der Waals surface area contributed by atoms with Gasteiger partial charge in [-0.1, -0.05) is 18.2 Å². The maximum absolute atomic E-state index is 4.46. The van der Waals surface area contributed by atoms with E-state index in [-0.39, 0.29) is 0 Å². The maximum Gasteiger partial charge on any atom is 0.130 e. The van der Waals surface area contributed by atoms with Crippen LogP contribution < -0.4 is 5.32 Å². The van der Waals surface area contributed by atoms with E-state index < -0.39 is 0 Å². The number of rotatable bonds is 1. The molecule has 68 valence electrons. The highest BCUT2D eigenvalue weighted by Crippen LogP contribution is 2.17. The second-order valence-electron chi connectivity index (χ2n) is 3.03. The van der Waals surface area contributed by atoms with Crippen molar-refractivity contribution < 1.29 is 0 Å². The molecule has 3 heteroatoms. The first kappa shape index (κ1) is 8.99. The van der Waals surface area contributed by atoms with Gasteiger partial charge in [-0.05, 0) is 47.1 Å². The summed E-state index contributed by atoms with van der Waals surface area (Å²) < 4.78 is 1.09. The molecule has 2 rings (SSSR count). The number of aliphatic imine (C=N–C) groups is 1. The van der Waals surface area contributed by atoms with Crippen LogP contribution in [0.2, 0.25) is 0 Å². The first-order chi connectivity index (χ1) is 6.36. The SMILES string of the molecule is IC1=CCNC(C2=CC=CCC2)=N1. The zero-order valence-electron chi connectivity index (χ0n) is 7.26. The number of amidine groups is 1. The molecule has 1 aliphatic carbocycles. The molecule has 0 atom stereocenters. The Kier molecular flexibility index (Phi) is 2.83. The summed E-state index contributed by atoms with van der Waals surface area (Å²) >= 11 is 2.26. The Balaban J connectivity index is 2.20. The molecule has 1 aliphatic heterocycles. The van der Waals surface area contributed by atoms with Crippen LogP contribution >= 0.6 is 22.6 Å². The number of hydrogen-bond donors (Lipinski definition) is 1. The van der Waals surface area contributed by atoms with Crippen LogP contribution in [0.4, 0.5) is 0 Å². The standard InChI is InChI=1S/C10H11IN2/c11-9-6-7-12-10(13-9)8-4-2-1-3-5-8/h1-2,4,6H,3,5,7H2,(H,12,13). The van der Waals surface area contributed by atoms with Crippen molar-refractivity contribution in [2.45, 2.75) is 12.8 Å². The van der Waals surface area contributed by atoms with Crippen molar-refractivity contribution in [1.29, 1.82) is 0 Å². The monoisotopic (exact) mass is 286 g/mol. The van der Waals surface area contributed by atoms with Crippen molar-refractivity contribution in [3.63, 3.8) is 0 Å². The van der Waals surface area contributed by atoms with E-state index >= 15 is 0 Å². The molecule has 2 nitrogen and oxygen atoms in total. The van der Waals surface area contributed by atoms with Gasteiger partial charge in [-0.15, -0.1) is 0 Å². The van der Waals surface area contributed by atoms with E-state index in [1.54, 1.807) is 0 Å². The average Bonchev–Trinajstić information content (AvgIpc) is 2.19. The molecule has 13 heavy (non-hydrogen) atoms. The lowest BCUT2D eigenvalue weighted by molar-refractivity contribution is 0.946. The zero-order chi connectivity index (χ0) is 9.10. The summed E-state index contributed by atoms with van der Waals surface area (Å²) in [5.41, 5.74) is 1.32. The van der Waals surface area contributed by atoms with E-state index in [0.29, 0.717) is 0 Å². The van der Waals surface area contributed by atoms with Gasteiger partial charge in [0.1, 0.15) is 9.54 Å². The minimum atomic E-state index is 0.901. The first-order valence-electron chi connectivity index (χ1n) is 4.40. The summed E-state index contributed by atoms with van der Waals surface area (Å²) in [6.45, 7) is 0.901. The van der Waals surface area contributed by atoms with E-state index in [4.69, 9.17) is 0 Å². The molecule has 0 spiro atoms. The highest BCUT2D eigenvalue weighted by atomic mass is 127. The van der Waals surface area contributed by atoms with Gasteiger partial charge in [0, 0.05) is 6.54 Å². The van der Waals surface area contributed by atoms with Crippen LogP contribution in [0, 0.1) is 0 Å². The van der Waals surface area contributed by atoms with Gasteiger partial charge in [0.2, 0.25) is 0 Å². The van der Waals surface area contributed by atoms with Crippen LogP contribution in [0.3, 0.4) is 0 Å². The first-order valence-corrected chi connectivity index (χ1v) is 5.48. The van der Waals surface area contributed by atoms with Crippen molar-refractivity contribution in [2.75, 3.05) is 6.54 Å². The van der Waals surface area contributed by atoms with Crippen LogP contribution in [0.5, 0.6) is 0 Å². The smallest absolute Gasteiger partial charge is 0.130 e. The molecule has 0 saturated carbocycles. The van der Waals surface area contributed by atoms with E-state index in [9.17, 15) is 0 Å². The highest BCUT2D eigenvalue weighted by Gasteiger charge is 2.10. The number of nitrogens with zero attached hydrogens (tertiary/aromatic N) is 1. The average molecular weight is 286 g/mol. The zero-order valence-corrected chi connectivity index (χ0v) is 9.41. The topological polar surface area (TPSA) is 24.4 Å². The van der Waals surface area contributed by atoms with Gasteiger partial charge < -0.3 is 5.32 Å². The van der Waals surface area contributed by atoms with E-state index in [1.165, 1.54) is 5.57 Å². The van der Waals surface area contributed by atoms with E-state index in [1.807, 2.05) is 0 Å². The second-order valence-corrected chi connectivity index (χ2v) is 4.13. The molecule has 0 radical (unpaired) electrons. The van der Waals surface area contributed by atoms with Crippen LogP contribution in [0.25, 0.3) is 0 Å². The molecule has 0 aromatic heterocycles. The fourth-order valence-corrected chi connectivity index (χ4v) is 1.87. The summed E-state index contributed by atoms with van der Waals surface area (Å²) in [5.74, 6) is 1.05. The molecule has 0 saturated heterocycles. The Morgan fingerprint density at radius 3 is 3.08 bits per heavy atom. The third-order valence-electron chi connectivity index (χ3n) is 2.08. The lowest BCUT2D eigenvalue weighted by atomic mass is 10.0. The lowest BCUT2D eigenvalue weighted by Gasteiger charge is -2.16. The lowest BCUT2D eigenvalue weighted by Crippen LogP contribution is -2.28. The summed E-state index contributed by atoms with van der Waals surface area (Å²) in [6.07, 6.45) is 10.8. The Morgan fingerprint density at radius 2 is 2.38 bits per heavy atom. The van der Waals surface area contributed by atoms with Gasteiger partial charge in [-0.2, -0.15) is 0 Å². The predicted octanol–water partition coefficient (Wildman–Crippen LogP) is 2.54. The predicted molar refractivity (Wildman–Crippen MR) is 64.0 cm³/mol. The quantitative estimate of drug-likeness (QED) is 0.581. The number of halogens is 1. The van der Waals surface area contributed by atoms with Crippen LogP contribution in [0.1, 0.15) is 12.8 Å². The molecule has 0 unspecified atom stereocenters. The molecule has 1 N–H and O–H groups in total. The molecule has 0 aromatic carbocycles.